The molecule has 3 nitrogen and oxygen atoms in total. The molecule has 0 aliphatic rings. The molecule has 13 aromatic rings. The molecule has 65 heavy (non-hydrogen) atoms. The number of hydrogen-bond donors (Lipinski definition) is 0. The molecule has 11 aromatic carbocycles. The fraction of sp³-hybridized carbons (Fsp3) is 0. The van der Waals surface area contributed by atoms with Crippen molar-refractivity contribution < 1.29 is 0 Å². The van der Waals surface area contributed by atoms with Crippen LogP contribution in [-0.4, -0.2) is 15.0 Å². The average molecular weight is 844 g/mol. The van der Waals surface area contributed by atoms with Gasteiger partial charge in [-0.15, -0.1) is 11.3 Å². The highest BCUT2D eigenvalue weighted by molar-refractivity contribution is 7.26. The molecular formula is C61H37N3S. The molecule has 0 unspecified atom stereocenters. The molecule has 2 heterocycles. The van der Waals surface area contributed by atoms with Crippen LogP contribution in [0.4, 0.5) is 0 Å². The van der Waals surface area contributed by atoms with E-state index in [9.17, 15) is 0 Å². The Balaban J connectivity index is 1.04. The summed E-state index contributed by atoms with van der Waals surface area (Å²) in [5.74, 6) is 1.93. The van der Waals surface area contributed by atoms with Crippen molar-refractivity contribution in [2.45, 2.75) is 0 Å². The molecule has 0 aliphatic carbocycles. The number of rotatable bonds is 6. The van der Waals surface area contributed by atoms with Gasteiger partial charge in [0, 0.05) is 36.9 Å². The normalized spacial score (nSPS) is 11.7. The third-order valence-electron chi connectivity index (χ3n) is 12.9. The number of nitrogens with zero attached hydrogens (tertiary/aromatic N) is 3. The van der Waals surface area contributed by atoms with Crippen molar-refractivity contribution in [3.8, 4) is 67.5 Å². The Labute approximate surface area is 379 Å². The van der Waals surface area contributed by atoms with Crippen LogP contribution < -0.4 is 0 Å². The fourth-order valence-electron chi connectivity index (χ4n) is 9.92. The van der Waals surface area contributed by atoms with Gasteiger partial charge in [0.1, 0.15) is 0 Å². The number of thiophene rings is 1. The van der Waals surface area contributed by atoms with Crippen molar-refractivity contribution in [1.82, 2.24) is 15.0 Å². The van der Waals surface area contributed by atoms with E-state index >= 15 is 0 Å². The molecule has 0 radical (unpaired) electrons. The largest absolute Gasteiger partial charge is 0.208 e. The topological polar surface area (TPSA) is 38.7 Å². The zero-order valence-corrected chi connectivity index (χ0v) is 35.9. The van der Waals surface area contributed by atoms with Gasteiger partial charge in [-0.1, -0.05) is 188 Å². The van der Waals surface area contributed by atoms with E-state index in [2.05, 4.69) is 224 Å². The van der Waals surface area contributed by atoms with Crippen LogP contribution in [0.3, 0.4) is 0 Å². The molecule has 0 amide bonds. The Morgan fingerprint density at radius 2 is 0.692 bits per heavy atom. The van der Waals surface area contributed by atoms with Gasteiger partial charge >= 0.3 is 0 Å². The second-order valence-electron chi connectivity index (χ2n) is 16.6. The number of hydrogen-bond acceptors (Lipinski definition) is 4. The van der Waals surface area contributed by atoms with Crippen LogP contribution in [-0.2, 0) is 0 Å². The predicted molar refractivity (Wildman–Crippen MR) is 275 cm³/mol. The Bertz CT molecular complexity index is 4010. The molecule has 0 fully saturated rings. The van der Waals surface area contributed by atoms with Gasteiger partial charge in [0.05, 0.1) is 0 Å². The van der Waals surface area contributed by atoms with Crippen LogP contribution in [0.25, 0.3) is 131 Å². The van der Waals surface area contributed by atoms with Crippen molar-refractivity contribution in [3.63, 3.8) is 0 Å². The van der Waals surface area contributed by atoms with Gasteiger partial charge in [-0.3, -0.25) is 0 Å². The summed E-state index contributed by atoms with van der Waals surface area (Å²) in [7, 11) is 0. The van der Waals surface area contributed by atoms with Crippen LogP contribution >= 0.6 is 11.3 Å². The molecule has 302 valence electrons. The van der Waals surface area contributed by atoms with Crippen LogP contribution in [0.5, 0.6) is 0 Å². The van der Waals surface area contributed by atoms with E-state index < -0.39 is 0 Å². The number of aromatic nitrogens is 3. The maximum absolute atomic E-state index is 5.45. The minimum atomic E-state index is 0.636. The lowest BCUT2D eigenvalue weighted by molar-refractivity contribution is 1.08. The van der Waals surface area contributed by atoms with Gasteiger partial charge in [0.25, 0.3) is 0 Å². The van der Waals surface area contributed by atoms with E-state index in [-0.39, 0.29) is 0 Å². The van der Waals surface area contributed by atoms with Crippen LogP contribution in [0.2, 0.25) is 0 Å². The SMILES string of the molecule is c1ccc(-c2cc(-c3ccc(-c4nc(-c5ccc(-c6cccc7ccccc67)c6ccccc56)nc(-c5cccc6c5sc5ccccc56)n4)c4ccccc34)cc3ccccc23)cc1. The summed E-state index contributed by atoms with van der Waals surface area (Å²) in [5, 5.41) is 11.8. The minimum absolute atomic E-state index is 0.636. The summed E-state index contributed by atoms with van der Waals surface area (Å²) in [4.78, 5) is 16.3. The average Bonchev–Trinajstić information content (AvgIpc) is 3.77. The third-order valence-corrected chi connectivity index (χ3v) is 14.2. The fourth-order valence-corrected chi connectivity index (χ4v) is 11.1. The van der Waals surface area contributed by atoms with Gasteiger partial charge in [0.15, 0.2) is 17.5 Å². The highest BCUT2D eigenvalue weighted by Crippen LogP contribution is 2.43. The Kier molecular flexibility index (Phi) is 8.71. The molecule has 0 bridgehead atoms. The molecule has 0 saturated carbocycles. The Morgan fingerprint density at radius 3 is 1.40 bits per heavy atom. The van der Waals surface area contributed by atoms with Crippen LogP contribution in [0, 0.1) is 0 Å². The molecule has 0 aliphatic heterocycles. The second-order valence-corrected chi connectivity index (χ2v) is 17.7. The molecule has 0 spiro atoms. The highest BCUT2D eigenvalue weighted by Gasteiger charge is 2.21. The van der Waals surface area contributed by atoms with E-state index in [1.807, 2.05) is 0 Å². The lowest BCUT2D eigenvalue weighted by Crippen LogP contribution is -2.01. The zero-order valence-electron chi connectivity index (χ0n) is 35.1. The van der Waals surface area contributed by atoms with E-state index in [4.69, 9.17) is 15.0 Å². The number of benzene rings is 11. The zero-order chi connectivity index (χ0) is 42.8. The maximum Gasteiger partial charge on any atom is 0.165 e. The summed E-state index contributed by atoms with van der Waals surface area (Å²) >= 11 is 1.79. The minimum Gasteiger partial charge on any atom is -0.208 e. The first kappa shape index (κ1) is 37.3. The molecule has 4 heteroatoms. The Morgan fingerprint density at radius 1 is 0.246 bits per heavy atom. The quantitative estimate of drug-likeness (QED) is 0.167. The number of fused-ring (bicyclic) bond motifs is 7. The van der Waals surface area contributed by atoms with Gasteiger partial charge in [-0.25, -0.2) is 15.0 Å². The predicted octanol–water partition coefficient (Wildman–Crippen LogP) is 16.9. The molecule has 0 atom stereocenters. The summed E-state index contributed by atoms with van der Waals surface area (Å²) in [5.41, 5.74) is 10.0. The maximum atomic E-state index is 5.45. The molecule has 2 aromatic heterocycles. The summed E-state index contributed by atoms with van der Waals surface area (Å²) in [6, 6.07) is 80.6. The van der Waals surface area contributed by atoms with Crippen molar-refractivity contribution in [3.05, 3.63) is 224 Å². The van der Waals surface area contributed by atoms with E-state index in [0.717, 1.165) is 49.4 Å². The molecule has 0 saturated heterocycles. The second kappa shape index (κ2) is 15.2. The van der Waals surface area contributed by atoms with Crippen LogP contribution in [0.15, 0.2) is 224 Å². The summed E-state index contributed by atoms with van der Waals surface area (Å²) < 4.78 is 2.41. The lowest BCUT2D eigenvalue weighted by atomic mass is 9.90. The first-order valence-corrected chi connectivity index (χ1v) is 22.8. The summed E-state index contributed by atoms with van der Waals surface area (Å²) in [6.45, 7) is 0. The monoisotopic (exact) mass is 843 g/mol. The highest BCUT2D eigenvalue weighted by atomic mass is 32.1. The van der Waals surface area contributed by atoms with Crippen molar-refractivity contribution in [1.29, 1.82) is 0 Å². The van der Waals surface area contributed by atoms with Gasteiger partial charge in [0.2, 0.25) is 0 Å². The smallest absolute Gasteiger partial charge is 0.165 e. The standard InChI is InChI=1S/C61H37N3S/c1-2-16-39(17-3-1)56-37-41(36-40-19-5-7-22-43(40)56)44-32-34-53(48-25-10-8-23-45(44)48)59-62-60(64-61(63-59)55-30-15-29-52-51-27-12-13-31-57(51)65-58(52)55)54-35-33-50(47-24-9-11-26-49(47)54)46-28-14-20-38-18-4-6-21-42(38)46/h1-37H. The van der Waals surface area contributed by atoms with Crippen LogP contribution in [0.1, 0.15) is 0 Å². The molecular weight excluding hydrogens is 807 g/mol. The van der Waals surface area contributed by atoms with E-state index in [1.54, 1.807) is 11.3 Å². The van der Waals surface area contributed by atoms with Crippen molar-refractivity contribution in [2.24, 2.45) is 0 Å². The molecule has 13 rings (SSSR count). The first-order valence-electron chi connectivity index (χ1n) is 22.0. The first-order chi connectivity index (χ1) is 32.2. The van der Waals surface area contributed by atoms with Gasteiger partial charge in [-0.2, -0.15) is 0 Å². The van der Waals surface area contributed by atoms with Gasteiger partial charge < -0.3 is 0 Å². The Hall–Kier alpha value is -8.31. The van der Waals surface area contributed by atoms with Gasteiger partial charge in [-0.05, 0) is 113 Å². The lowest BCUT2D eigenvalue weighted by Gasteiger charge is -2.16. The summed E-state index contributed by atoms with van der Waals surface area (Å²) in [6.07, 6.45) is 0. The molecule has 0 N–H and O–H groups in total. The van der Waals surface area contributed by atoms with Crippen molar-refractivity contribution in [2.75, 3.05) is 0 Å². The van der Waals surface area contributed by atoms with Crippen molar-refractivity contribution >= 4 is 74.6 Å². The van der Waals surface area contributed by atoms with E-state index in [1.165, 1.54) is 64.0 Å². The third kappa shape index (κ3) is 6.22. The van der Waals surface area contributed by atoms with E-state index in [0.29, 0.717) is 17.5 Å².